The molecule has 1 aliphatic heterocycles. The van der Waals surface area contributed by atoms with Crippen LogP contribution in [0.5, 0.6) is 0 Å². The van der Waals surface area contributed by atoms with Crippen molar-refractivity contribution in [2.45, 2.75) is 0 Å². The predicted octanol–water partition coefficient (Wildman–Crippen LogP) is 0.0737. The van der Waals surface area contributed by atoms with Gasteiger partial charge in [0.1, 0.15) is 0 Å². The lowest BCUT2D eigenvalue weighted by molar-refractivity contribution is 0.434. The van der Waals surface area contributed by atoms with Crippen molar-refractivity contribution in [3.05, 3.63) is 30.3 Å². The SMILES string of the molecule is O=S1(=O)CCN(S(=O)(=O)Nc2ccccc2)CC1. The molecule has 0 saturated carbocycles. The zero-order valence-corrected chi connectivity index (χ0v) is 11.2. The van der Waals surface area contributed by atoms with Gasteiger partial charge in [-0.25, -0.2) is 8.42 Å². The highest BCUT2D eigenvalue weighted by Gasteiger charge is 2.29. The molecule has 2 rings (SSSR count). The highest BCUT2D eigenvalue weighted by atomic mass is 32.2. The van der Waals surface area contributed by atoms with E-state index in [1.165, 1.54) is 0 Å². The van der Waals surface area contributed by atoms with Gasteiger partial charge >= 0.3 is 10.2 Å². The van der Waals surface area contributed by atoms with Gasteiger partial charge in [0.25, 0.3) is 0 Å². The lowest BCUT2D eigenvalue weighted by Crippen LogP contribution is -2.45. The quantitative estimate of drug-likeness (QED) is 0.854. The van der Waals surface area contributed by atoms with Crippen LogP contribution in [0, 0.1) is 0 Å². The Morgan fingerprint density at radius 1 is 1.06 bits per heavy atom. The van der Waals surface area contributed by atoms with Gasteiger partial charge in [-0.1, -0.05) is 18.2 Å². The molecular weight excluding hydrogens is 276 g/mol. The molecule has 6 nitrogen and oxygen atoms in total. The zero-order valence-electron chi connectivity index (χ0n) is 9.61. The minimum Gasteiger partial charge on any atom is -0.271 e. The summed E-state index contributed by atoms with van der Waals surface area (Å²) >= 11 is 0. The summed E-state index contributed by atoms with van der Waals surface area (Å²) in [5, 5.41) is 0. The molecule has 0 aliphatic carbocycles. The van der Waals surface area contributed by atoms with Crippen LogP contribution in [0.2, 0.25) is 0 Å². The molecule has 1 aliphatic rings. The van der Waals surface area contributed by atoms with E-state index < -0.39 is 20.0 Å². The van der Waals surface area contributed by atoms with Gasteiger partial charge in [-0.05, 0) is 12.1 Å². The maximum absolute atomic E-state index is 12.0. The Labute approximate surface area is 107 Å². The van der Waals surface area contributed by atoms with E-state index in [1.54, 1.807) is 30.3 Å². The molecule has 1 aromatic carbocycles. The number of nitrogens with one attached hydrogen (secondary N) is 1. The molecule has 100 valence electrons. The summed E-state index contributed by atoms with van der Waals surface area (Å²) in [5.74, 6) is -0.245. The van der Waals surface area contributed by atoms with Crippen LogP contribution >= 0.6 is 0 Å². The predicted molar refractivity (Wildman–Crippen MR) is 69.2 cm³/mol. The average molecular weight is 290 g/mol. The highest BCUT2D eigenvalue weighted by molar-refractivity contribution is 7.92. The maximum atomic E-state index is 12.0. The fraction of sp³-hybridized carbons (Fsp3) is 0.400. The van der Waals surface area contributed by atoms with Gasteiger partial charge in [-0.15, -0.1) is 0 Å². The first-order chi connectivity index (χ1) is 8.39. The van der Waals surface area contributed by atoms with Crippen molar-refractivity contribution in [3.63, 3.8) is 0 Å². The van der Waals surface area contributed by atoms with Crippen LogP contribution in [-0.2, 0) is 20.0 Å². The molecule has 0 bridgehead atoms. The van der Waals surface area contributed by atoms with E-state index in [2.05, 4.69) is 4.72 Å². The highest BCUT2D eigenvalue weighted by Crippen LogP contribution is 2.13. The fourth-order valence-electron chi connectivity index (χ4n) is 1.66. The van der Waals surface area contributed by atoms with E-state index in [1.807, 2.05) is 0 Å². The molecule has 0 atom stereocenters. The second-order valence-electron chi connectivity index (χ2n) is 4.02. The molecule has 0 unspecified atom stereocenters. The summed E-state index contributed by atoms with van der Waals surface area (Å²) in [7, 11) is -6.75. The minimum atomic E-state index is -3.67. The summed E-state index contributed by atoms with van der Waals surface area (Å²) in [6.07, 6.45) is 0. The van der Waals surface area contributed by atoms with Crippen LogP contribution in [-0.4, -0.2) is 45.7 Å². The second-order valence-corrected chi connectivity index (χ2v) is 8.00. The Hall–Kier alpha value is -1.12. The third kappa shape index (κ3) is 3.21. The smallest absolute Gasteiger partial charge is 0.271 e. The number of para-hydroxylation sites is 1. The van der Waals surface area contributed by atoms with Crippen molar-refractivity contribution in [1.29, 1.82) is 0 Å². The first-order valence-electron chi connectivity index (χ1n) is 5.42. The van der Waals surface area contributed by atoms with Gasteiger partial charge < -0.3 is 0 Å². The van der Waals surface area contributed by atoms with E-state index in [9.17, 15) is 16.8 Å². The third-order valence-corrected chi connectivity index (χ3v) is 5.81. The first-order valence-corrected chi connectivity index (χ1v) is 8.69. The summed E-state index contributed by atoms with van der Waals surface area (Å²) in [6.45, 7) is 0.00893. The molecule has 1 aromatic rings. The average Bonchev–Trinajstić information content (AvgIpc) is 2.29. The summed E-state index contributed by atoms with van der Waals surface area (Å²) < 4.78 is 50.0. The van der Waals surface area contributed by atoms with Crippen LogP contribution in [0.25, 0.3) is 0 Å². The summed E-state index contributed by atoms with van der Waals surface area (Å²) in [5.41, 5.74) is 0.464. The van der Waals surface area contributed by atoms with Gasteiger partial charge in [0, 0.05) is 18.8 Å². The van der Waals surface area contributed by atoms with Crippen LogP contribution in [0.15, 0.2) is 30.3 Å². The van der Waals surface area contributed by atoms with Gasteiger partial charge in [0.05, 0.1) is 11.5 Å². The van der Waals surface area contributed by atoms with E-state index in [0.29, 0.717) is 5.69 Å². The molecule has 1 N–H and O–H groups in total. The molecule has 1 saturated heterocycles. The normalized spacial score (nSPS) is 20.4. The molecule has 0 amide bonds. The Kier molecular flexibility index (Phi) is 3.60. The maximum Gasteiger partial charge on any atom is 0.301 e. The zero-order chi connectivity index (χ0) is 13.2. The second kappa shape index (κ2) is 4.87. The minimum absolute atomic E-state index is 0.00446. The van der Waals surface area contributed by atoms with Gasteiger partial charge in [-0.3, -0.25) is 4.72 Å². The molecule has 1 fully saturated rings. The van der Waals surface area contributed by atoms with Crippen molar-refractivity contribution >= 4 is 25.7 Å². The third-order valence-electron chi connectivity index (χ3n) is 2.66. The van der Waals surface area contributed by atoms with Gasteiger partial charge in [-0.2, -0.15) is 12.7 Å². The number of hydrogen-bond donors (Lipinski definition) is 1. The number of hydrogen-bond acceptors (Lipinski definition) is 4. The molecular formula is C10H14N2O4S2. The lowest BCUT2D eigenvalue weighted by Gasteiger charge is -2.26. The molecule has 0 aromatic heterocycles. The van der Waals surface area contributed by atoms with Crippen molar-refractivity contribution < 1.29 is 16.8 Å². The monoisotopic (exact) mass is 290 g/mol. The van der Waals surface area contributed by atoms with Gasteiger partial charge in [0.15, 0.2) is 9.84 Å². The van der Waals surface area contributed by atoms with E-state index >= 15 is 0 Å². The largest absolute Gasteiger partial charge is 0.301 e. The lowest BCUT2D eigenvalue weighted by atomic mass is 10.3. The molecule has 8 heteroatoms. The van der Waals surface area contributed by atoms with Crippen molar-refractivity contribution in [2.75, 3.05) is 29.3 Å². The number of anilines is 1. The Morgan fingerprint density at radius 2 is 1.61 bits per heavy atom. The number of nitrogens with zero attached hydrogens (tertiary/aromatic N) is 1. The fourth-order valence-corrected chi connectivity index (χ4v) is 4.31. The number of sulfone groups is 1. The Morgan fingerprint density at radius 3 is 2.17 bits per heavy atom. The van der Waals surface area contributed by atoms with Crippen molar-refractivity contribution in [1.82, 2.24) is 4.31 Å². The van der Waals surface area contributed by atoms with Crippen LogP contribution in [0.1, 0.15) is 0 Å². The Bertz CT molecular complexity index is 597. The molecule has 0 spiro atoms. The van der Waals surface area contributed by atoms with E-state index in [4.69, 9.17) is 0 Å². The summed E-state index contributed by atoms with van der Waals surface area (Å²) in [6, 6.07) is 8.50. The van der Waals surface area contributed by atoms with Crippen molar-refractivity contribution in [3.8, 4) is 0 Å². The van der Waals surface area contributed by atoms with E-state index in [-0.39, 0.29) is 24.6 Å². The molecule has 18 heavy (non-hydrogen) atoms. The van der Waals surface area contributed by atoms with Gasteiger partial charge in [0.2, 0.25) is 0 Å². The number of benzene rings is 1. The number of rotatable bonds is 3. The van der Waals surface area contributed by atoms with E-state index in [0.717, 1.165) is 4.31 Å². The molecule has 0 radical (unpaired) electrons. The first kappa shape index (κ1) is 13.3. The standard InChI is InChI=1S/C10H14N2O4S2/c13-17(14)8-6-12(7-9-17)18(15,16)11-10-4-2-1-3-5-10/h1-5,11H,6-9H2. The van der Waals surface area contributed by atoms with Crippen LogP contribution < -0.4 is 4.72 Å². The van der Waals surface area contributed by atoms with Crippen LogP contribution in [0.4, 0.5) is 5.69 Å². The van der Waals surface area contributed by atoms with Crippen molar-refractivity contribution in [2.24, 2.45) is 0 Å². The topological polar surface area (TPSA) is 83.6 Å². The Balaban J connectivity index is 2.09. The summed E-state index contributed by atoms with van der Waals surface area (Å²) in [4.78, 5) is 0. The van der Waals surface area contributed by atoms with Crippen LogP contribution in [0.3, 0.4) is 0 Å². The molecule has 1 heterocycles.